The molecule has 0 aliphatic rings. The zero-order valence-electron chi connectivity index (χ0n) is 9.16. The molecule has 0 aliphatic carbocycles. The van der Waals surface area contributed by atoms with E-state index in [1.807, 2.05) is 0 Å². The molecule has 0 radical (unpaired) electrons. The lowest BCUT2D eigenvalue weighted by atomic mass is 10.2. The zero-order chi connectivity index (χ0) is 10.8. The van der Waals surface area contributed by atoms with E-state index in [2.05, 4.69) is 47.5 Å². The Morgan fingerprint density at radius 2 is 2.13 bits per heavy atom. The van der Waals surface area contributed by atoms with E-state index in [9.17, 15) is 0 Å². The number of hydrogen-bond donors (Lipinski definition) is 1. The number of aryl methyl sites for hydroxylation is 2. The third kappa shape index (κ3) is 1.76. The summed E-state index contributed by atoms with van der Waals surface area (Å²) >= 11 is 0. The van der Waals surface area contributed by atoms with Gasteiger partial charge in [-0.05, 0) is 36.9 Å². The van der Waals surface area contributed by atoms with Gasteiger partial charge in [0.1, 0.15) is 0 Å². The first kappa shape index (κ1) is 10.2. The van der Waals surface area contributed by atoms with Crippen molar-refractivity contribution in [2.24, 2.45) is 5.90 Å². The number of benzene rings is 1. The van der Waals surface area contributed by atoms with Crippen molar-refractivity contribution in [1.82, 2.24) is 4.57 Å². The predicted molar refractivity (Wildman–Crippen MR) is 61.3 cm³/mol. The molecule has 15 heavy (non-hydrogen) atoms. The monoisotopic (exact) mass is 204 g/mol. The maximum atomic E-state index is 5.07. The molecule has 2 aromatic rings. The van der Waals surface area contributed by atoms with Crippen LogP contribution in [0.1, 0.15) is 18.2 Å². The van der Waals surface area contributed by atoms with Gasteiger partial charge in [-0.15, -0.1) is 0 Å². The van der Waals surface area contributed by atoms with Gasteiger partial charge < -0.3 is 4.57 Å². The van der Waals surface area contributed by atoms with Crippen LogP contribution in [0.3, 0.4) is 0 Å². The molecule has 0 bridgehead atoms. The van der Waals surface area contributed by atoms with E-state index >= 15 is 0 Å². The molecule has 0 saturated heterocycles. The molecule has 3 heteroatoms. The van der Waals surface area contributed by atoms with Crippen molar-refractivity contribution < 1.29 is 4.84 Å². The van der Waals surface area contributed by atoms with Crippen LogP contribution in [0.5, 0.6) is 0 Å². The Morgan fingerprint density at radius 3 is 2.80 bits per heavy atom. The number of hydrogen-bond acceptors (Lipinski definition) is 2. The lowest BCUT2D eigenvalue weighted by molar-refractivity contribution is 0.124. The van der Waals surface area contributed by atoms with Crippen LogP contribution in [0.2, 0.25) is 0 Å². The molecular formula is C12H16N2O. The smallest absolute Gasteiger partial charge is 0.0930 e. The van der Waals surface area contributed by atoms with Crippen LogP contribution in [0, 0.1) is 6.92 Å². The van der Waals surface area contributed by atoms with Crippen LogP contribution in [0.25, 0.3) is 10.9 Å². The summed E-state index contributed by atoms with van der Waals surface area (Å²) in [6.07, 6.45) is 0. The number of rotatable bonds is 3. The van der Waals surface area contributed by atoms with E-state index in [1.54, 1.807) is 0 Å². The van der Waals surface area contributed by atoms with E-state index in [0.29, 0.717) is 6.61 Å². The van der Waals surface area contributed by atoms with Gasteiger partial charge in [0, 0.05) is 17.8 Å². The second-order valence-corrected chi connectivity index (χ2v) is 3.73. The number of nitrogens with two attached hydrogens (primary N) is 1. The molecule has 1 aromatic carbocycles. The topological polar surface area (TPSA) is 40.2 Å². The van der Waals surface area contributed by atoms with Gasteiger partial charge in [0.25, 0.3) is 0 Å². The Labute approximate surface area is 89.4 Å². The molecule has 0 saturated carbocycles. The van der Waals surface area contributed by atoms with Crippen molar-refractivity contribution in [2.45, 2.75) is 27.0 Å². The Morgan fingerprint density at radius 1 is 1.33 bits per heavy atom. The fourth-order valence-electron chi connectivity index (χ4n) is 2.04. The molecule has 0 aliphatic heterocycles. The highest BCUT2D eigenvalue weighted by molar-refractivity contribution is 5.82. The summed E-state index contributed by atoms with van der Waals surface area (Å²) in [7, 11) is 0. The summed E-state index contributed by atoms with van der Waals surface area (Å²) in [5.41, 5.74) is 3.65. The molecule has 0 amide bonds. The van der Waals surface area contributed by atoms with Gasteiger partial charge in [-0.25, -0.2) is 5.90 Å². The summed E-state index contributed by atoms with van der Waals surface area (Å²) in [5.74, 6) is 5.07. The quantitative estimate of drug-likeness (QED) is 0.780. The van der Waals surface area contributed by atoms with Gasteiger partial charge in [0.15, 0.2) is 0 Å². The molecule has 80 valence electrons. The van der Waals surface area contributed by atoms with Gasteiger partial charge >= 0.3 is 0 Å². The fraction of sp³-hybridized carbons (Fsp3) is 0.333. The minimum Gasteiger partial charge on any atom is -0.345 e. The Kier molecular flexibility index (Phi) is 2.75. The maximum absolute atomic E-state index is 5.07. The van der Waals surface area contributed by atoms with Crippen molar-refractivity contribution in [3.8, 4) is 0 Å². The van der Waals surface area contributed by atoms with Crippen molar-refractivity contribution in [1.29, 1.82) is 0 Å². The first-order valence-corrected chi connectivity index (χ1v) is 5.16. The lowest BCUT2D eigenvalue weighted by Gasteiger charge is -2.05. The molecule has 0 fully saturated rings. The summed E-state index contributed by atoms with van der Waals surface area (Å²) in [6.45, 7) is 5.73. The normalized spacial score (nSPS) is 11.1. The van der Waals surface area contributed by atoms with Gasteiger partial charge in [0.2, 0.25) is 0 Å². The SMILES string of the molecule is CCn1c(C)cc2ccc(CON)cc21. The minimum absolute atomic E-state index is 0.462. The standard InChI is InChI=1S/C12H16N2O/c1-3-14-9(2)6-11-5-4-10(8-15-13)7-12(11)14/h4-7H,3,8,13H2,1-2H3. The lowest BCUT2D eigenvalue weighted by Crippen LogP contribution is -2.00. The van der Waals surface area contributed by atoms with Gasteiger partial charge in [-0.3, -0.25) is 4.84 Å². The second kappa shape index (κ2) is 4.04. The summed E-state index contributed by atoms with van der Waals surface area (Å²) < 4.78 is 2.29. The first-order valence-electron chi connectivity index (χ1n) is 5.16. The van der Waals surface area contributed by atoms with Gasteiger partial charge in [0.05, 0.1) is 6.61 Å². The highest BCUT2D eigenvalue weighted by Crippen LogP contribution is 2.21. The average Bonchev–Trinajstić information content (AvgIpc) is 2.53. The molecule has 1 heterocycles. The third-order valence-corrected chi connectivity index (χ3v) is 2.74. The number of nitrogens with zero attached hydrogens (tertiary/aromatic N) is 1. The van der Waals surface area contributed by atoms with E-state index in [4.69, 9.17) is 5.90 Å². The van der Waals surface area contributed by atoms with Crippen LogP contribution in [0.4, 0.5) is 0 Å². The molecule has 0 spiro atoms. The van der Waals surface area contributed by atoms with Crippen LogP contribution < -0.4 is 5.90 Å². The summed E-state index contributed by atoms with van der Waals surface area (Å²) in [5, 5.41) is 1.27. The van der Waals surface area contributed by atoms with Crippen LogP contribution >= 0.6 is 0 Å². The van der Waals surface area contributed by atoms with Crippen molar-refractivity contribution in [3.05, 3.63) is 35.5 Å². The fourth-order valence-corrected chi connectivity index (χ4v) is 2.04. The van der Waals surface area contributed by atoms with Gasteiger partial charge in [-0.2, -0.15) is 0 Å². The molecule has 0 atom stereocenters. The summed E-state index contributed by atoms with van der Waals surface area (Å²) in [6, 6.07) is 8.50. The van der Waals surface area contributed by atoms with Crippen molar-refractivity contribution in [3.63, 3.8) is 0 Å². The van der Waals surface area contributed by atoms with E-state index in [0.717, 1.165) is 12.1 Å². The molecule has 1 aromatic heterocycles. The molecule has 3 nitrogen and oxygen atoms in total. The van der Waals surface area contributed by atoms with E-state index in [1.165, 1.54) is 16.6 Å². The van der Waals surface area contributed by atoms with Crippen LogP contribution in [-0.4, -0.2) is 4.57 Å². The highest BCUT2D eigenvalue weighted by Gasteiger charge is 2.04. The van der Waals surface area contributed by atoms with Crippen LogP contribution in [0.15, 0.2) is 24.3 Å². The number of aromatic nitrogens is 1. The Bertz CT molecular complexity index is 474. The molecular weight excluding hydrogens is 188 g/mol. The van der Waals surface area contributed by atoms with Gasteiger partial charge in [-0.1, -0.05) is 12.1 Å². The first-order chi connectivity index (χ1) is 7.26. The highest BCUT2D eigenvalue weighted by atomic mass is 16.6. The largest absolute Gasteiger partial charge is 0.345 e. The van der Waals surface area contributed by atoms with Crippen LogP contribution in [-0.2, 0) is 18.0 Å². The van der Waals surface area contributed by atoms with E-state index < -0.39 is 0 Å². The second-order valence-electron chi connectivity index (χ2n) is 3.73. The zero-order valence-corrected chi connectivity index (χ0v) is 9.16. The predicted octanol–water partition coefficient (Wildman–Crippen LogP) is 2.36. The van der Waals surface area contributed by atoms with Crippen molar-refractivity contribution in [2.75, 3.05) is 0 Å². The molecule has 2 N–H and O–H groups in total. The minimum atomic E-state index is 0.462. The average molecular weight is 204 g/mol. The Balaban J connectivity index is 2.57. The maximum Gasteiger partial charge on any atom is 0.0930 e. The Hall–Kier alpha value is -1.32. The molecule has 0 unspecified atom stereocenters. The molecule has 2 rings (SSSR count). The summed E-state index contributed by atoms with van der Waals surface area (Å²) in [4.78, 5) is 4.65. The third-order valence-electron chi connectivity index (χ3n) is 2.74. The number of fused-ring (bicyclic) bond motifs is 1. The van der Waals surface area contributed by atoms with Crippen molar-refractivity contribution >= 4 is 10.9 Å². The van der Waals surface area contributed by atoms with E-state index in [-0.39, 0.29) is 0 Å².